The van der Waals surface area contributed by atoms with E-state index in [0.29, 0.717) is 78.7 Å². The molecule has 0 radical (unpaired) electrons. The molecule has 0 aromatic heterocycles. The maximum absolute atomic E-state index is 13.5. The summed E-state index contributed by atoms with van der Waals surface area (Å²) in [5.41, 5.74) is -10.6. The maximum Gasteiger partial charge on any atom is 0.180 e. The third-order valence-electron chi connectivity index (χ3n) is 27.4. The van der Waals surface area contributed by atoms with Crippen molar-refractivity contribution in [3.63, 3.8) is 0 Å². The lowest BCUT2D eigenvalue weighted by Crippen LogP contribution is -3.03. The Labute approximate surface area is 564 Å². The minimum atomic E-state index is -1.84. The summed E-state index contributed by atoms with van der Waals surface area (Å²) in [4.78, 5) is 0. The molecule has 0 aromatic rings. The quantitative estimate of drug-likeness (QED) is 0.0289. The fourth-order valence-corrected chi connectivity index (χ4v) is 24.4. The van der Waals surface area contributed by atoms with Crippen LogP contribution in [0, 0.1) is 51.2 Å². The summed E-state index contributed by atoms with van der Waals surface area (Å²) in [6, 6.07) is 0. The largest absolute Gasteiger partial charge is 0.396 e. The highest BCUT2D eigenvalue weighted by Gasteiger charge is 2.99. The highest BCUT2D eigenvalue weighted by atomic mass is 16.8. The van der Waals surface area contributed by atoms with Gasteiger partial charge in [-0.05, 0) is 66.2 Å². The van der Waals surface area contributed by atoms with Gasteiger partial charge in [-0.1, -0.05) is 6.92 Å². The molecule has 11 N–H and O–H groups in total. The van der Waals surface area contributed by atoms with Crippen LogP contribution >= 0.6 is 0 Å². The maximum atomic E-state index is 13.5. The minimum absolute atomic E-state index is 0.0198. The molecule has 0 amide bonds. The van der Waals surface area contributed by atoms with Gasteiger partial charge in [-0.15, -0.1) is 0 Å². The van der Waals surface area contributed by atoms with Crippen molar-refractivity contribution < 1.29 is 141 Å². The van der Waals surface area contributed by atoms with Gasteiger partial charge in [0.15, 0.2) is 11.6 Å². The van der Waals surface area contributed by atoms with Crippen LogP contribution in [0.5, 0.6) is 0 Å². The first-order valence-corrected chi connectivity index (χ1v) is 36.2. The molecule has 29 nitrogen and oxygen atoms in total. The van der Waals surface area contributed by atoms with Gasteiger partial charge >= 0.3 is 0 Å². The average Bonchev–Trinajstić information content (AvgIpc) is 0.601. The molecule has 8 aliphatic heterocycles. The Kier molecular flexibility index (Phi) is 17.9. The first kappa shape index (κ1) is 70.2. The number of rotatable bonds is 34. The number of ether oxygens (including phenoxy) is 18. The number of fused-ring (bicyclic) bond motifs is 5. The summed E-state index contributed by atoms with van der Waals surface area (Å²) in [6.45, 7) is 12.6. The lowest BCUT2D eigenvalue weighted by atomic mass is 9.26. The van der Waals surface area contributed by atoms with E-state index in [4.69, 9.17) is 85.3 Å². The molecule has 552 valence electrons. The molecule has 97 heavy (non-hydrogen) atoms. The molecule has 16 aliphatic rings. The highest BCUT2D eigenvalue weighted by molar-refractivity contribution is 5.44. The second kappa shape index (κ2) is 24.7. The van der Waals surface area contributed by atoms with E-state index in [1.807, 2.05) is 34.6 Å². The molecule has 29 heteroatoms. The predicted octanol–water partition coefficient (Wildman–Crippen LogP) is -2.86. The zero-order valence-corrected chi connectivity index (χ0v) is 56.6. The molecule has 8 aliphatic carbocycles. The Hall–Kier alpha value is -1.16. The molecule has 36 unspecified atom stereocenters. The van der Waals surface area contributed by atoms with Gasteiger partial charge in [0.2, 0.25) is 0 Å². The van der Waals surface area contributed by atoms with Crippen LogP contribution in [-0.2, 0) is 85.3 Å². The van der Waals surface area contributed by atoms with E-state index in [1.54, 1.807) is 7.11 Å². The van der Waals surface area contributed by atoms with Crippen molar-refractivity contribution >= 4 is 0 Å². The Balaban J connectivity index is 0.620. The predicted molar refractivity (Wildman–Crippen MR) is 325 cm³/mol. The van der Waals surface area contributed by atoms with Gasteiger partial charge < -0.3 is 141 Å². The van der Waals surface area contributed by atoms with E-state index in [9.17, 15) is 56.2 Å². The third-order valence-corrected chi connectivity index (χ3v) is 27.4. The van der Waals surface area contributed by atoms with Crippen molar-refractivity contribution in [1.82, 2.24) is 0 Å². The van der Waals surface area contributed by atoms with Crippen LogP contribution in [0.25, 0.3) is 0 Å². The molecule has 0 aromatic carbocycles. The molecule has 0 spiro atoms. The van der Waals surface area contributed by atoms with E-state index in [0.717, 1.165) is 0 Å². The van der Waals surface area contributed by atoms with Crippen molar-refractivity contribution in [3.8, 4) is 0 Å². The number of aliphatic hydroxyl groups excluding tert-OH is 9. The van der Waals surface area contributed by atoms with E-state index < -0.39 is 226 Å². The zero-order chi connectivity index (χ0) is 68.0. The van der Waals surface area contributed by atoms with Crippen LogP contribution in [0.4, 0.5) is 0 Å². The summed E-state index contributed by atoms with van der Waals surface area (Å²) in [5, 5.41) is 133. The number of hydrogen-bond acceptors (Lipinski definition) is 29. The van der Waals surface area contributed by atoms with Gasteiger partial charge in [0.25, 0.3) is 0 Å². The highest BCUT2D eigenvalue weighted by Crippen LogP contribution is 2.84. The van der Waals surface area contributed by atoms with Crippen LogP contribution in [0.1, 0.15) is 92.4 Å². The Morgan fingerprint density at radius 1 is 0.505 bits per heavy atom. The molecule has 16 fully saturated rings. The van der Waals surface area contributed by atoms with Gasteiger partial charge in [-0.3, -0.25) is 0 Å². The molecular formula is C68H106O29. The second-order valence-electron chi connectivity index (χ2n) is 32.2. The van der Waals surface area contributed by atoms with E-state index in [-0.39, 0.29) is 78.2 Å². The average molecular weight is 1390 g/mol. The summed E-state index contributed by atoms with van der Waals surface area (Å²) >= 11 is 0. The summed E-state index contributed by atoms with van der Waals surface area (Å²) < 4.78 is 117. The van der Waals surface area contributed by atoms with Crippen LogP contribution in [0.3, 0.4) is 0 Å². The van der Waals surface area contributed by atoms with Gasteiger partial charge in [0.05, 0.1) is 182 Å². The van der Waals surface area contributed by atoms with Crippen molar-refractivity contribution in [3.05, 3.63) is 0 Å². The fraction of sp³-hybridized carbons (Fsp3) is 1.00. The van der Waals surface area contributed by atoms with Crippen molar-refractivity contribution in [2.45, 2.75) is 254 Å². The topological polar surface area (TPSA) is 389 Å². The monoisotopic (exact) mass is 1390 g/mol. The molecule has 8 bridgehead atoms. The Morgan fingerprint density at radius 3 is 1.76 bits per heavy atom. The normalized spacial score (nSPS) is 57.3. The van der Waals surface area contributed by atoms with Gasteiger partial charge in [0.1, 0.15) is 60.0 Å². The van der Waals surface area contributed by atoms with E-state index in [1.165, 1.54) is 0 Å². The second-order valence-corrected chi connectivity index (χ2v) is 32.2. The molecule has 8 saturated carbocycles. The van der Waals surface area contributed by atoms with Crippen molar-refractivity contribution in [2.75, 3.05) is 119 Å². The smallest absolute Gasteiger partial charge is 0.180 e. The van der Waals surface area contributed by atoms with Gasteiger partial charge in [0, 0.05) is 98.1 Å². The summed E-state index contributed by atoms with van der Waals surface area (Å²) in [7, 11) is 1.59. The third kappa shape index (κ3) is 9.40. The summed E-state index contributed by atoms with van der Waals surface area (Å²) in [5.74, 6) is -7.39. The lowest BCUT2D eigenvalue weighted by molar-refractivity contribution is -0.598. The zero-order valence-electron chi connectivity index (χ0n) is 56.6. The molecule has 8 heterocycles. The van der Waals surface area contributed by atoms with Crippen LogP contribution in [0.2, 0.25) is 0 Å². The van der Waals surface area contributed by atoms with Gasteiger partial charge in [-0.25, -0.2) is 0 Å². The van der Waals surface area contributed by atoms with E-state index >= 15 is 0 Å². The molecule has 8 saturated heterocycles. The molecular weight excluding hydrogens is 1280 g/mol. The van der Waals surface area contributed by atoms with E-state index in [2.05, 4.69) is 0 Å². The fourth-order valence-electron chi connectivity index (χ4n) is 24.4. The first-order valence-electron chi connectivity index (χ1n) is 36.2. The Morgan fingerprint density at radius 2 is 1.10 bits per heavy atom. The molecule has 36 atom stereocenters. The molecule has 16 rings (SSSR count). The van der Waals surface area contributed by atoms with Crippen molar-refractivity contribution in [1.29, 1.82) is 0 Å². The van der Waals surface area contributed by atoms with Crippen molar-refractivity contribution in [2.24, 2.45) is 51.2 Å². The SMILES string of the molecule is CCOCCOCCOCC12CC(OC3C4C(O)CC5(OC67CC8(CO)CC(OC9C%10C(COCC)OC%11(OC%12%13CC%14(COCCOCC)CC(OC)C(OC%14%12)C(OCCO)C%13O)CC%12(OCC)C9C%10(O)C%11%12)C(OC86)C(O)C7O)CC4(O)C3C(CO)O5)C3OC1C(C)(C2)C(O)C3O. The standard InChI is InChI=1S/C68H106O29/c1-7-81-13-15-84-16-18-86-31-60-22-36(44-42(73)51(75)58(5,25-60)55(60)91-44)89-47-39-33(72)19-62(28-63(39,78)40(47)37(23-70)94-62)96-65-26-59(30-71)21-35(45(92-56(59)65)43(74)52(65)76)90-48-41-38(24-83-9-3)95-67(29-64(88-10-4)50(48)68(41,79)54(64)67)97-66-27-61(32-85-17-14-82-8-2)20-34(80-6)46(93-57(61)66)49(53(66)77)87-12-11-69/h33-57,69-79H,7-32H2,1-6H3. The van der Waals surface area contributed by atoms with Crippen LogP contribution in [-0.4, -0.2) is 337 Å². The Bertz CT molecular complexity index is 2870. The minimum Gasteiger partial charge on any atom is -0.396 e. The number of aliphatic hydroxyl groups is 11. The van der Waals surface area contributed by atoms with Crippen LogP contribution in [0.15, 0.2) is 0 Å². The summed E-state index contributed by atoms with van der Waals surface area (Å²) in [6.07, 6.45) is -19.0. The first-order chi connectivity index (χ1) is 46.5. The van der Waals surface area contributed by atoms with Crippen LogP contribution < -0.4 is 0 Å². The van der Waals surface area contributed by atoms with Gasteiger partial charge in [-0.2, -0.15) is 0 Å². The number of hydrogen-bond donors (Lipinski definition) is 11. The lowest BCUT2D eigenvalue weighted by Gasteiger charge is -2.89. The number of methoxy groups -OCH3 is 1.